The van der Waals surface area contributed by atoms with Gasteiger partial charge in [-0.15, -0.1) is 0 Å². The second-order valence-electron chi connectivity index (χ2n) is 3.89. The first-order valence-electron chi connectivity index (χ1n) is 5.79. The lowest BCUT2D eigenvalue weighted by atomic mass is 10.3. The van der Waals surface area contributed by atoms with E-state index in [1.165, 1.54) is 0 Å². The zero-order chi connectivity index (χ0) is 14.5. The van der Waals surface area contributed by atoms with Crippen molar-refractivity contribution in [2.24, 2.45) is 5.73 Å². The van der Waals surface area contributed by atoms with Crippen LogP contribution in [0.1, 0.15) is 5.69 Å². The topological polar surface area (TPSA) is 66.6 Å². The third-order valence-electron chi connectivity index (χ3n) is 2.54. The van der Waals surface area contributed by atoms with Gasteiger partial charge in [-0.05, 0) is 6.07 Å². The Morgan fingerprint density at radius 2 is 1.60 bits per heavy atom. The number of methoxy groups -OCH3 is 2. The van der Waals surface area contributed by atoms with Crippen molar-refractivity contribution in [1.29, 1.82) is 0 Å². The normalized spacial score (nSPS) is 9.90. The first-order valence-corrected chi connectivity index (χ1v) is 6.20. The molecular formula is C14H14N2O3S. The number of aromatic nitrogens is 1. The highest BCUT2D eigenvalue weighted by Gasteiger charge is 2.06. The minimum absolute atomic E-state index is 0.221. The molecule has 0 spiro atoms. The lowest BCUT2D eigenvalue weighted by molar-refractivity contribution is 0.386. The average molecular weight is 290 g/mol. The molecule has 0 fully saturated rings. The summed E-state index contributed by atoms with van der Waals surface area (Å²) in [6, 6.07) is 8.66. The van der Waals surface area contributed by atoms with Gasteiger partial charge in [-0.3, -0.25) is 4.98 Å². The quantitative estimate of drug-likeness (QED) is 0.854. The van der Waals surface area contributed by atoms with E-state index < -0.39 is 0 Å². The zero-order valence-corrected chi connectivity index (χ0v) is 11.9. The van der Waals surface area contributed by atoms with Gasteiger partial charge in [0.1, 0.15) is 33.7 Å². The number of nitrogens with zero attached hydrogens (tertiary/aromatic N) is 1. The summed E-state index contributed by atoms with van der Waals surface area (Å²) in [6.07, 6.45) is 1.58. The Balaban J connectivity index is 2.29. The monoisotopic (exact) mass is 290 g/mol. The van der Waals surface area contributed by atoms with Crippen molar-refractivity contribution in [3.05, 3.63) is 42.2 Å². The Morgan fingerprint density at radius 1 is 1.00 bits per heavy atom. The van der Waals surface area contributed by atoms with Crippen LogP contribution in [0.3, 0.4) is 0 Å². The number of hydrogen-bond acceptors (Lipinski definition) is 5. The van der Waals surface area contributed by atoms with Crippen LogP contribution in [0.25, 0.3) is 0 Å². The highest BCUT2D eigenvalue weighted by molar-refractivity contribution is 7.80. The highest BCUT2D eigenvalue weighted by atomic mass is 32.1. The Hall–Kier alpha value is -2.34. The lowest BCUT2D eigenvalue weighted by Crippen LogP contribution is -2.11. The van der Waals surface area contributed by atoms with Gasteiger partial charge >= 0.3 is 0 Å². The number of pyridine rings is 1. The van der Waals surface area contributed by atoms with E-state index in [1.807, 2.05) is 0 Å². The van der Waals surface area contributed by atoms with Crippen LogP contribution in [-0.4, -0.2) is 24.2 Å². The van der Waals surface area contributed by atoms with E-state index in [0.29, 0.717) is 28.7 Å². The maximum Gasteiger partial charge on any atom is 0.134 e. The Labute approximate surface area is 122 Å². The zero-order valence-electron chi connectivity index (χ0n) is 11.1. The van der Waals surface area contributed by atoms with Crippen LogP contribution in [0.15, 0.2) is 36.5 Å². The van der Waals surface area contributed by atoms with Gasteiger partial charge < -0.3 is 19.9 Å². The largest absolute Gasteiger partial charge is 0.496 e. The third kappa shape index (κ3) is 3.36. The second-order valence-corrected chi connectivity index (χ2v) is 4.33. The summed E-state index contributed by atoms with van der Waals surface area (Å²) in [7, 11) is 3.16. The van der Waals surface area contributed by atoms with Crippen LogP contribution in [0.5, 0.6) is 23.0 Å². The van der Waals surface area contributed by atoms with Crippen molar-refractivity contribution in [1.82, 2.24) is 4.98 Å². The van der Waals surface area contributed by atoms with E-state index in [4.69, 9.17) is 32.2 Å². The van der Waals surface area contributed by atoms with Crippen molar-refractivity contribution in [3.63, 3.8) is 0 Å². The molecule has 1 heterocycles. The van der Waals surface area contributed by atoms with Crippen molar-refractivity contribution in [2.45, 2.75) is 0 Å². The van der Waals surface area contributed by atoms with Gasteiger partial charge in [-0.25, -0.2) is 0 Å². The fraction of sp³-hybridized carbons (Fsp3) is 0.143. The van der Waals surface area contributed by atoms with Crippen molar-refractivity contribution in [3.8, 4) is 23.0 Å². The van der Waals surface area contributed by atoms with Crippen LogP contribution in [-0.2, 0) is 0 Å². The molecule has 2 N–H and O–H groups in total. The van der Waals surface area contributed by atoms with Crippen LogP contribution in [0.2, 0.25) is 0 Å². The van der Waals surface area contributed by atoms with E-state index >= 15 is 0 Å². The number of nitrogens with two attached hydrogens (primary N) is 1. The number of rotatable bonds is 5. The summed E-state index contributed by atoms with van der Waals surface area (Å²) >= 11 is 4.89. The van der Waals surface area contributed by atoms with Gasteiger partial charge in [0.15, 0.2) is 0 Å². The van der Waals surface area contributed by atoms with E-state index in [2.05, 4.69) is 4.98 Å². The molecule has 0 bridgehead atoms. The molecule has 0 aliphatic heterocycles. The molecule has 0 saturated heterocycles. The summed E-state index contributed by atoms with van der Waals surface area (Å²) < 4.78 is 16.1. The molecule has 0 amide bonds. The first-order chi connectivity index (χ1) is 9.62. The molecule has 20 heavy (non-hydrogen) atoms. The molecule has 0 atom stereocenters. The molecule has 104 valence electrons. The molecule has 6 heteroatoms. The number of benzene rings is 1. The van der Waals surface area contributed by atoms with Crippen molar-refractivity contribution in [2.75, 3.05) is 14.2 Å². The van der Waals surface area contributed by atoms with E-state index in [0.717, 1.165) is 0 Å². The van der Waals surface area contributed by atoms with E-state index in [9.17, 15) is 0 Å². The fourth-order valence-electron chi connectivity index (χ4n) is 1.59. The minimum atomic E-state index is 0.221. The highest BCUT2D eigenvalue weighted by Crippen LogP contribution is 2.30. The third-order valence-corrected chi connectivity index (χ3v) is 2.75. The predicted octanol–water partition coefficient (Wildman–Crippen LogP) is 2.53. The Morgan fingerprint density at radius 3 is 2.15 bits per heavy atom. The van der Waals surface area contributed by atoms with Crippen molar-refractivity contribution >= 4 is 17.2 Å². The molecule has 0 aliphatic rings. The van der Waals surface area contributed by atoms with Crippen LogP contribution in [0, 0.1) is 0 Å². The van der Waals surface area contributed by atoms with Crippen LogP contribution >= 0.6 is 12.2 Å². The molecule has 1 aromatic heterocycles. The Kier molecular flexibility index (Phi) is 4.37. The molecule has 1 aromatic carbocycles. The summed E-state index contributed by atoms with van der Waals surface area (Å²) in [4.78, 5) is 4.27. The minimum Gasteiger partial charge on any atom is -0.496 e. The van der Waals surface area contributed by atoms with Crippen LogP contribution in [0.4, 0.5) is 0 Å². The first kappa shape index (κ1) is 14.1. The second kappa shape index (κ2) is 6.21. The number of ether oxygens (including phenoxy) is 3. The Bertz CT molecular complexity index is 609. The van der Waals surface area contributed by atoms with Crippen LogP contribution < -0.4 is 19.9 Å². The molecule has 2 rings (SSSR count). The van der Waals surface area contributed by atoms with Gasteiger partial charge in [0.2, 0.25) is 0 Å². The summed E-state index contributed by atoms with van der Waals surface area (Å²) in [5.41, 5.74) is 6.05. The number of thiocarbonyl (C=S) groups is 1. The molecule has 0 radical (unpaired) electrons. The maximum absolute atomic E-state index is 5.74. The molecule has 5 nitrogen and oxygen atoms in total. The summed E-state index contributed by atoms with van der Waals surface area (Å²) in [5, 5.41) is 0. The average Bonchev–Trinajstić information content (AvgIpc) is 2.47. The molecule has 0 unspecified atom stereocenters. The molecular weight excluding hydrogens is 276 g/mol. The smallest absolute Gasteiger partial charge is 0.134 e. The predicted molar refractivity (Wildman–Crippen MR) is 79.7 cm³/mol. The van der Waals surface area contributed by atoms with Gasteiger partial charge in [0, 0.05) is 30.5 Å². The van der Waals surface area contributed by atoms with E-state index in [-0.39, 0.29) is 4.99 Å². The van der Waals surface area contributed by atoms with Gasteiger partial charge in [-0.1, -0.05) is 12.2 Å². The molecule has 2 aromatic rings. The van der Waals surface area contributed by atoms with Crippen molar-refractivity contribution < 1.29 is 14.2 Å². The van der Waals surface area contributed by atoms with E-state index in [1.54, 1.807) is 50.7 Å². The fourth-order valence-corrected chi connectivity index (χ4v) is 1.70. The lowest BCUT2D eigenvalue weighted by Gasteiger charge is -2.10. The maximum atomic E-state index is 5.74. The molecule has 0 aliphatic carbocycles. The SMILES string of the molecule is COc1cc(OC)cc(Oc2ccnc(C(N)=S)c2)c1. The van der Waals surface area contributed by atoms with Gasteiger partial charge in [-0.2, -0.15) is 0 Å². The van der Waals surface area contributed by atoms with Gasteiger partial charge in [0.25, 0.3) is 0 Å². The standard InChI is InChI=1S/C14H14N2O3S/c1-17-10-5-11(18-2)7-12(6-10)19-9-3-4-16-13(8-9)14(15)20/h3-8H,1-2H3,(H2,15,20). The number of hydrogen-bond donors (Lipinski definition) is 1. The van der Waals surface area contributed by atoms with Gasteiger partial charge in [0.05, 0.1) is 14.2 Å². The molecule has 0 saturated carbocycles. The summed E-state index contributed by atoms with van der Waals surface area (Å²) in [5.74, 6) is 2.45. The summed E-state index contributed by atoms with van der Waals surface area (Å²) in [6.45, 7) is 0.